The van der Waals surface area contributed by atoms with Crippen molar-refractivity contribution in [2.45, 2.75) is 6.92 Å². The van der Waals surface area contributed by atoms with Gasteiger partial charge in [-0.15, -0.1) is 0 Å². The summed E-state index contributed by atoms with van der Waals surface area (Å²) in [4.78, 5) is 21.1. The van der Waals surface area contributed by atoms with Gasteiger partial charge in [-0.2, -0.15) is 4.39 Å². The fourth-order valence-electron chi connectivity index (χ4n) is 1.66. The van der Waals surface area contributed by atoms with E-state index in [2.05, 4.69) is 9.97 Å². The van der Waals surface area contributed by atoms with Gasteiger partial charge in [0.1, 0.15) is 0 Å². The van der Waals surface area contributed by atoms with Crippen molar-refractivity contribution in [1.29, 1.82) is 0 Å². The Balaban J connectivity index is 2.35. The smallest absolute Gasteiger partial charge is 0.262 e. The highest BCUT2D eigenvalue weighted by atomic mass is 19.1. The maximum absolute atomic E-state index is 13.5. The molecule has 0 aromatic carbocycles. The van der Waals surface area contributed by atoms with Gasteiger partial charge in [-0.3, -0.25) is 9.78 Å². The molecule has 0 spiro atoms. The number of anilines is 1. The Hall–Kier alpha value is -2.30. The number of hydrogen-bond acceptors (Lipinski definition) is 3. The molecule has 18 heavy (non-hydrogen) atoms. The Morgan fingerprint density at radius 1 is 1.28 bits per heavy atom. The number of rotatable bonds is 3. The zero-order valence-corrected chi connectivity index (χ0v) is 9.88. The van der Waals surface area contributed by atoms with Gasteiger partial charge in [-0.25, -0.2) is 4.98 Å². The quantitative estimate of drug-likeness (QED) is 0.779. The summed E-state index contributed by atoms with van der Waals surface area (Å²) in [5, 5.41) is 0. The van der Waals surface area contributed by atoms with Crippen molar-refractivity contribution < 1.29 is 9.18 Å². The lowest BCUT2D eigenvalue weighted by atomic mass is 10.2. The molecule has 0 saturated carbocycles. The molecule has 4 nitrogen and oxygen atoms in total. The molecule has 0 aliphatic carbocycles. The second-order valence-corrected chi connectivity index (χ2v) is 3.60. The molecule has 2 heterocycles. The van der Waals surface area contributed by atoms with Crippen LogP contribution in [0, 0.1) is 5.95 Å². The van der Waals surface area contributed by atoms with Crippen LogP contribution in [0.15, 0.2) is 42.9 Å². The summed E-state index contributed by atoms with van der Waals surface area (Å²) < 4.78 is 13.5. The van der Waals surface area contributed by atoms with Gasteiger partial charge in [0.05, 0.1) is 5.56 Å². The molecule has 0 bridgehead atoms. The van der Waals surface area contributed by atoms with E-state index in [1.54, 1.807) is 24.5 Å². The average Bonchev–Trinajstić information content (AvgIpc) is 2.41. The molecule has 5 heteroatoms. The molecule has 0 atom stereocenters. The van der Waals surface area contributed by atoms with E-state index in [1.807, 2.05) is 6.92 Å². The van der Waals surface area contributed by atoms with Gasteiger partial charge < -0.3 is 4.90 Å². The predicted octanol–water partition coefficient (Wildman–Crippen LogP) is 2.28. The first-order chi connectivity index (χ1) is 8.74. The summed E-state index contributed by atoms with van der Waals surface area (Å²) in [6, 6.07) is 6.37. The summed E-state index contributed by atoms with van der Waals surface area (Å²) in [5.41, 5.74) is 0.650. The van der Waals surface area contributed by atoms with Gasteiger partial charge in [0.25, 0.3) is 5.91 Å². The molecule has 92 valence electrons. The van der Waals surface area contributed by atoms with Crippen LogP contribution in [0.25, 0.3) is 0 Å². The number of amides is 1. The Kier molecular flexibility index (Phi) is 3.62. The van der Waals surface area contributed by atoms with Gasteiger partial charge in [-0.1, -0.05) is 0 Å². The third-order valence-corrected chi connectivity index (χ3v) is 2.53. The Morgan fingerprint density at radius 3 is 2.61 bits per heavy atom. The van der Waals surface area contributed by atoms with Gasteiger partial charge in [-0.05, 0) is 31.2 Å². The minimum atomic E-state index is -0.755. The summed E-state index contributed by atoms with van der Waals surface area (Å²) in [6.07, 6.45) is 4.49. The van der Waals surface area contributed by atoms with Crippen molar-refractivity contribution >= 4 is 11.6 Å². The van der Waals surface area contributed by atoms with E-state index in [1.165, 1.54) is 23.2 Å². The van der Waals surface area contributed by atoms with Crippen LogP contribution in [-0.2, 0) is 0 Å². The van der Waals surface area contributed by atoms with Crippen LogP contribution in [0.5, 0.6) is 0 Å². The topological polar surface area (TPSA) is 46.1 Å². The summed E-state index contributed by atoms with van der Waals surface area (Å²) >= 11 is 0. The molecule has 0 aliphatic rings. The van der Waals surface area contributed by atoms with Crippen molar-refractivity contribution in [3.63, 3.8) is 0 Å². The van der Waals surface area contributed by atoms with Crippen LogP contribution in [0.2, 0.25) is 0 Å². The molecule has 2 rings (SSSR count). The van der Waals surface area contributed by atoms with E-state index in [-0.39, 0.29) is 5.56 Å². The minimum Gasteiger partial charge on any atom is -0.308 e. The fourth-order valence-corrected chi connectivity index (χ4v) is 1.66. The molecule has 0 fully saturated rings. The molecule has 2 aromatic heterocycles. The Morgan fingerprint density at radius 2 is 2.00 bits per heavy atom. The maximum Gasteiger partial charge on any atom is 0.262 e. The van der Waals surface area contributed by atoms with Crippen LogP contribution in [0.3, 0.4) is 0 Å². The summed E-state index contributed by atoms with van der Waals surface area (Å²) in [5.74, 6) is -1.16. The van der Waals surface area contributed by atoms with Gasteiger partial charge in [0.2, 0.25) is 5.95 Å². The van der Waals surface area contributed by atoms with E-state index >= 15 is 0 Å². The van der Waals surface area contributed by atoms with Crippen molar-refractivity contribution in [2.75, 3.05) is 11.4 Å². The van der Waals surface area contributed by atoms with Crippen LogP contribution in [0.4, 0.5) is 10.1 Å². The zero-order chi connectivity index (χ0) is 13.0. The van der Waals surface area contributed by atoms with Crippen molar-refractivity contribution in [1.82, 2.24) is 9.97 Å². The summed E-state index contributed by atoms with van der Waals surface area (Å²) in [7, 11) is 0. The number of halogens is 1. The number of aromatic nitrogens is 2. The fraction of sp³-hybridized carbons (Fsp3) is 0.154. The minimum absolute atomic E-state index is 0.0313. The second-order valence-electron chi connectivity index (χ2n) is 3.60. The lowest BCUT2D eigenvalue weighted by Gasteiger charge is -2.20. The van der Waals surface area contributed by atoms with Gasteiger partial charge in [0.15, 0.2) is 0 Å². The largest absolute Gasteiger partial charge is 0.308 e. The number of carbonyl (C=O) groups excluding carboxylic acids is 1. The van der Waals surface area contributed by atoms with Crippen LogP contribution in [-0.4, -0.2) is 22.4 Å². The first kappa shape index (κ1) is 12.2. The molecule has 0 aliphatic heterocycles. The monoisotopic (exact) mass is 245 g/mol. The normalized spacial score (nSPS) is 10.1. The van der Waals surface area contributed by atoms with Crippen molar-refractivity contribution in [3.05, 3.63) is 54.4 Å². The standard InChI is InChI=1S/C13H12FN3O/c1-2-17(10-5-8-15-9-6-10)13(18)11-4-3-7-16-12(11)14/h3-9H,2H2,1H3. The first-order valence-corrected chi connectivity index (χ1v) is 5.56. The van der Waals surface area contributed by atoms with E-state index < -0.39 is 11.9 Å². The third kappa shape index (κ3) is 2.34. The molecular formula is C13H12FN3O. The zero-order valence-electron chi connectivity index (χ0n) is 9.88. The van der Waals surface area contributed by atoms with Crippen molar-refractivity contribution in [2.24, 2.45) is 0 Å². The van der Waals surface area contributed by atoms with Crippen molar-refractivity contribution in [3.8, 4) is 0 Å². The Labute approximate surface area is 104 Å². The van der Waals surface area contributed by atoms with Crippen LogP contribution in [0.1, 0.15) is 17.3 Å². The molecular weight excluding hydrogens is 233 g/mol. The molecule has 0 N–H and O–H groups in total. The highest BCUT2D eigenvalue weighted by Crippen LogP contribution is 2.16. The van der Waals surface area contributed by atoms with E-state index in [0.29, 0.717) is 12.2 Å². The second kappa shape index (κ2) is 5.35. The maximum atomic E-state index is 13.5. The predicted molar refractivity (Wildman–Crippen MR) is 65.8 cm³/mol. The molecule has 0 radical (unpaired) electrons. The number of carbonyl (C=O) groups is 1. The number of hydrogen-bond donors (Lipinski definition) is 0. The number of nitrogens with zero attached hydrogens (tertiary/aromatic N) is 3. The molecule has 1 amide bonds. The van der Waals surface area contributed by atoms with Gasteiger partial charge in [0, 0.05) is 30.8 Å². The van der Waals surface area contributed by atoms with E-state index in [0.717, 1.165) is 0 Å². The van der Waals surface area contributed by atoms with Crippen LogP contribution >= 0.6 is 0 Å². The number of pyridine rings is 2. The molecule has 0 saturated heterocycles. The lowest BCUT2D eigenvalue weighted by molar-refractivity contribution is 0.0983. The molecule has 0 unspecified atom stereocenters. The lowest BCUT2D eigenvalue weighted by Crippen LogP contribution is -2.31. The Bertz CT molecular complexity index is 545. The third-order valence-electron chi connectivity index (χ3n) is 2.53. The SMILES string of the molecule is CCN(C(=O)c1cccnc1F)c1ccncc1. The highest BCUT2D eigenvalue weighted by molar-refractivity contribution is 6.05. The van der Waals surface area contributed by atoms with E-state index in [4.69, 9.17) is 0 Å². The average molecular weight is 245 g/mol. The highest BCUT2D eigenvalue weighted by Gasteiger charge is 2.19. The van der Waals surface area contributed by atoms with Gasteiger partial charge >= 0.3 is 0 Å². The molecule has 2 aromatic rings. The first-order valence-electron chi connectivity index (χ1n) is 5.56. The van der Waals surface area contributed by atoms with Crippen LogP contribution < -0.4 is 4.90 Å². The summed E-state index contributed by atoms with van der Waals surface area (Å²) in [6.45, 7) is 2.27. The van der Waals surface area contributed by atoms with E-state index in [9.17, 15) is 9.18 Å².